The summed E-state index contributed by atoms with van der Waals surface area (Å²) in [6.45, 7) is 0. The Morgan fingerprint density at radius 3 is 3.07 bits per heavy atom. The topological polar surface area (TPSA) is 35.2 Å². The van der Waals surface area contributed by atoms with Gasteiger partial charge in [0.2, 0.25) is 0 Å². The summed E-state index contributed by atoms with van der Waals surface area (Å²) < 4.78 is 6.54. The number of fused-ring (bicyclic) bond motifs is 1. The molecule has 0 heterocycles. The zero-order valence-corrected chi connectivity index (χ0v) is 9.75. The summed E-state index contributed by atoms with van der Waals surface area (Å²) in [6, 6.07) is 0.255. The first-order valence-corrected chi connectivity index (χ1v) is 5.57. The Kier molecular flexibility index (Phi) is 2.91. The van der Waals surface area contributed by atoms with Gasteiger partial charge in [-0.05, 0) is 30.1 Å². The number of ether oxygens (including phenoxy) is 1. The Bertz CT molecular complexity index is 330. The van der Waals surface area contributed by atoms with E-state index in [1.54, 1.807) is 7.11 Å². The lowest BCUT2D eigenvalue weighted by molar-refractivity contribution is 0.167. The molecule has 2 aliphatic carbocycles. The molecule has 2 unspecified atom stereocenters. The van der Waals surface area contributed by atoms with E-state index in [0.29, 0.717) is 0 Å². The molecule has 2 nitrogen and oxygen atoms in total. The summed E-state index contributed by atoms with van der Waals surface area (Å²) in [4.78, 5) is 0. The SMILES string of the molecule is COC1C=CC(Br)=C2CC(N)CC=C21. The maximum atomic E-state index is 5.93. The van der Waals surface area contributed by atoms with Gasteiger partial charge >= 0.3 is 0 Å². The number of hydrogen-bond donors (Lipinski definition) is 1. The predicted octanol–water partition coefficient (Wildman–Crippen LogP) is 2.27. The highest BCUT2D eigenvalue weighted by atomic mass is 79.9. The van der Waals surface area contributed by atoms with Gasteiger partial charge in [-0.1, -0.05) is 28.1 Å². The van der Waals surface area contributed by atoms with E-state index < -0.39 is 0 Å². The molecule has 0 aromatic carbocycles. The van der Waals surface area contributed by atoms with Crippen molar-refractivity contribution in [3.63, 3.8) is 0 Å². The van der Waals surface area contributed by atoms with Gasteiger partial charge in [0.15, 0.2) is 0 Å². The van der Waals surface area contributed by atoms with Gasteiger partial charge in [0.25, 0.3) is 0 Å². The fraction of sp³-hybridized carbons (Fsp3) is 0.455. The average molecular weight is 256 g/mol. The monoisotopic (exact) mass is 255 g/mol. The zero-order valence-electron chi connectivity index (χ0n) is 8.16. The summed E-state index contributed by atoms with van der Waals surface area (Å²) in [5, 5.41) is 0. The van der Waals surface area contributed by atoms with Crippen LogP contribution in [0.3, 0.4) is 0 Å². The van der Waals surface area contributed by atoms with E-state index >= 15 is 0 Å². The second kappa shape index (κ2) is 4.01. The Labute approximate surface area is 92.6 Å². The zero-order chi connectivity index (χ0) is 10.1. The largest absolute Gasteiger partial charge is 0.373 e. The maximum Gasteiger partial charge on any atom is 0.101 e. The summed E-state index contributed by atoms with van der Waals surface area (Å²) in [6.07, 6.45) is 8.32. The van der Waals surface area contributed by atoms with Crippen molar-refractivity contribution in [2.45, 2.75) is 25.0 Å². The van der Waals surface area contributed by atoms with Crippen molar-refractivity contribution in [1.29, 1.82) is 0 Å². The van der Waals surface area contributed by atoms with Crippen LogP contribution in [-0.4, -0.2) is 19.3 Å². The van der Waals surface area contributed by atoms with E-state index in [4.69, 9.17) is 10.5 Å². The Morgan fingerprint density at radius 2 is 2.36 bits per heavy atom. The number of allylic oxidation sites excluding steroid dienone is 2. The van der Waals surface area contributed by atoms with Crippen molar-refractivity contribution in [2.75, 3.05) is 7.11 Å². The smallest absolute Gasteiger partial charge is 0.101 e. The minimum atomic E-state index is 0.110. The summed E-state index contributed by atoms with van der Waals surface area (Å²) in [5.74, 6) is 0. The standard InChI is InChI=1S/C11H14BrNO/c1-14-11-5-4-10(12)9-6-7(13)2-3-8(9)11/h3-5,7,11H,2,6,13H2,1H3. The third kappa shape index (κ3) is 1.72. The van der Waals surface area contributed by atoms with Gasteiger partial charge < -0.3 is 10.5 Å². The minimum absolute atomic E-state index is 0.110. The minimum Gasteiger partial charge on any atom is -0.373 e. The van der Waals surface area contributed by atoms with Gasteiger partial charge in [-0.3, -0.25) is 0 Å². The molecule has 0 aromatic rings. The van der Waals surface area contributed by atoms with Crippen molar-refractivity contribution >= 4 is 15.9 Å². The number of nitrogens with two attached hydrogens (primary N) is 1. The molecule has 76 valence electrons. The first-order chi connectivity index (χ1) is 6.72. The molecule has 0 saturated heterocycles. The molecule has 0 aliphatic heterocycles. The van der Waals surface area contributed by atoms with E-state index in [-0.39, 0.29) is 12.1 Å². The first-order valence-electron chi connectivity index (χ1n) is 4.78. The number of hydrogen-bond acceptors (Lipinski definition) is 2. The maximum absolute atomic E-state index is 5.93. The van der Waals surface area contributed by atoms with Gasteiger partial charge in [0.1, 0.15) is 6.10 Å². The number of halogens is 1. The van der Waals surface area contributed by atoms with Crippen LogP contribution in [0.4, 0.5) is 0 Å². The van der Waals surface area contributed by atoms with E-state index in [2.05, 4.69) is 34.2 Å². The highest BCUT2D eigenvalue weighted by Crippen LogP contribution is 2.36. The summed E-state index contributed by atoms with van der Waals surface area (Å²) >= 11 is 3.56. The van der Waals surface area contributed by atoms with Crippen LogP contribution < -0.4 is 5.73 Å². The molecule has 0 aromatic heterocycles. The van der Waals surface area contributed by atoms with Crippen LogP contribution in [0, 0.1) is 0 Å². The summed E-state index contributed by atoms with van der Waals surface area (Å²) in [5.41, 5.74) is 8.51. The van der Waals surface area contributed by atoms with E-state index in [1.807, 2.05) is 0 Å². The molecule has 14 heavy (non-hydrogen) atoms. The third-order valence-corrected chi connectivity index (χ3v) is 3.46. The normalized spacial score (nSPS) is 31.5. The Hall–Kier alpha value is -0.380. The lowest BCUT2D eigenvalue weighted by Crippen LogP contribution is -2.28. The molecule has 0 saturated carbocycles. The second-order valence-corrected chi connectivity index (χ2v) is 4.56. The van der Waals surface area contributed by atoms with Crippen molar-refractivity contribution in [3.8, 4) is 0 Å². The first kappa shape index (κ1) is 10.1. The molecule has 2 N–H and O–H groups in total. The molecule has 0 fully saturated rings. The van der Waals surface area contributed by atoms with E-state index in [0.717, 1.165) is 17.3 Å². The van der Waals surface area contributed by atoms with Crippen LogP contribution in [0.15, 0.2) is 33.9 Å². The molecule has 2 atom stereocenters. The molecular formula is C11H14BrNO. The molecule has 2 aliphatic rings. The van der Waals surface area contributed by atoms with Gasteiger partial charge in [-0.15, -0.1) is 0 Å². The van der Waals surface area contributed by atoms with Gasteiger partial charge in [0, 0.05) is 17.6 Å². The van der Waals surface area contributed by atoms with Crippen molar-refractivity contribution < 1.29 is 4.74 Å². The Morgan fingerprint density at radius 1 is 1.57 bits per heavy atom. The van der Waals surface area contributed by atoms with Crippen molar-refractivity contribution in [1.82, 2.24) is 0 Å². The van der Waals surface area contributed by atoms with E-state index in [1.165, 1.54) is 11.1 Å². The van der Waals surface area contributed by atoms with Crippen molar-refractivity contribution in [2.24, 2.45) is 5.73 Å². The van der Waals surface area contributed by atoms with Gasteiger partial charge in [-0.25, -0.2) is 0 Å². The number of rotatable bonds is 1. The lowest BCUT2D eigenvalue weighted by atomic mass is 9.85. The van der Waals surface area contributed by atoms with Crippen LogP contribution in [0.25, 0.3) is 0 Å². The highest BCUT2D eigenvalue weighted by molar-refractivity contribution is 9.11. The molecular weight excluding hydrogens is 242 g/mol. The van der Waals surface area contributed by atoms with Gasteiger partial charge in [-0.2, -0.15) is 0 Å². The molecule has 0 radical (unpaired) electrons. The molecule has 0 bridgehead atoms. The van der Waals surface area contributed by atoms with Crippen molar-refractivity contribution in [3.05, 3.63) is 33.9 Å². The average Bonchev–Trinajstić information content (AvgIpc) is 2.19. The molecule has 3 heteroatoms. The molecule has 2 rings (SSSR count). The second-order valence-electron chi connectivity index (χ2n) is 3.70. The van der Waals surface area contributed by atoms with Crippen LogP contribution in [-0.2, 0) is 4.74 Å². The summed E-state index contributed by atoms with van der Waals surface area (Å²) in [7, 11) is 1.74. The van der Waals surface area contributed by atoms with Crippen LogP contribution in [0.1, 0.15) is 12.8 Å². The van der Waals surface area contributed by atoms with Crippen LogP contribution in [0.5, 0.6) is 0 Å². The van der Waals surface area contributed by atoms with Crippen LogP contribution >= 0.6 is 15.9 Å². The molecule has 0 spiro atoms. The third-order valence-electron chi connectivity index (χ3n) is 2.72. The van der Waals surface area contributed by atoms with Crippen LogP contribution in [0.2, 0.25) is 0 Å². The highest BCUT2D eigenvalue weighted by Gasteiger charge is 2.25. The fourth-order valence-electron chi connectivity index (χ4n) is 1.97. The lowest BCUT2D eigenvalue weighted by Gasteiger charge is -2.29. The Balaban J connectivity index is 2.37. The molecule has 0 amide bonds. The quantitative estimate of drug-likeness (QED) is 0.781. The van der Waals surface area contributed by atoms with Gasteiger partial charge in [0.05, 0.1) is 0 Å². The predicted molar refractivity (Wildman–Crippen MR) is 61.2 cm³/mol. The number of methoxy groups -OCH3 is 1. The fourth-order valence-corrected chi connectivity index (χ4v) is 2.51. The van der Waals surface area contributed by atoms with E-state index in [9.17, 15) is 0 Å².